The van der Waals surface area contributed by atoms with Crippen molar-refractivity contribution in [3.63, 3.8) is 0 Å². The highest BCUT2D eigenvalue weighted by Crippen LogP contribution is 2.31. The van der Waals surface area contributed by atoms with Crippen molar-refractivity contribution in [1.29, 1.82) is 0 Å². The van der Waals surface area contributed by atoms with Crippen molar-refractivity contribution in [3.8, 4) is 0 Å². The largest absolute Gasteiger partial charge is 0.385 e. The van der Waals surface area contributed by atoms with Gasteiger partial charge in [-0.15, -0.1) is 0 Å². The summed E-state index contributed by atoms with van der Waals surface area (Å²) in [4.78, 5) is 2.36. The predicted molar refractivity (Wildman–Crippen MR) is 82.1 cm³/mol. The quantitative estimate of drug-likeness (QED) is 0.876. The van der Waals surface area contributed by atoms with Crippen LogP contribution in [0.5, 0.6) is 0 Å². The molecule has 0 saturated carbocycles. The Morgan fingerprint density at radius 1 is 1.20 bits per heavy atom. The average molecular weight is 298 g/mol. The first-order chi connectivity index (χ1) is 9.64. The lowest BCUT2D eigenvalue weighted by molar-refractivity contribution is -0.0102. The Kier molecular flexibility index (Phi) is 5.85. The monoisotopic (exact) mass is 297 g/mol. The number of nitrogens with zero attached hydrogens (tertiary/aromatic N) is 1. The number of halogens is 1. The summed E-state index contributed by atoms with van der Waals surface area (Å²) in [5.74, 6) is 0. The zero-order valence-corrected chi connectivity index (χ0v) is 12.9. The van der Waals surface area contributed by atoms with E-state index < -0.39 is 5.60 Å². The molecule has 0 radical (unpaired) electrons. The SMILES string of the molecule is CCC[C@](O)(CCN1CCOCC1)c1ccc(Cl)cc1. The molecule has 0 aromatic heterocycles. The molecule has 0 amide bonds. The van der Waals surface area contributed by atoms with E-state index in [1.54, 1.807) is 0 Å². The molecule has 0 aliphatic carbocycles. The number of hydrogen-bond donors (Lipinski definition) is 1. The third kappa shape index (κ3) is 4.19. The molecule has 1 aromatic rings. The molecule has 1 aromatic carbocycles. The second-order valence-electron chi connectivity index (χ2n) is 5.49. The molecule has 112 valence electrons. The van der Waals surface area contributed by atoms with E-state index in [9.17, 15) is 5.11 Å². The van der Waals surface area contributed by atoms with Gasteiger partial charge in [0.1, 0.15) is 0 Å². The van der Waals surface area contributed by atoms with Gasteiger partial charge in [0.05, 0.1) is 18.8 Å². The van der Waals surface area contributed by atoms with Gasteiger partial charge >= 0.3 is 0 Å². The molecule has 1 atom stereocenters. The minimum atomic E-state index is -0.752. The maximum absolute atomic E-state index is 11.0. The Labute approximate surface area is 126 Å². The molecule has 2 rings (SSSR count). The lowest BCUT2D eigenvalue weighted by Crippen LogP contribution is -2.40. The lowest BCUT2D eigenvalue weighted by atomic mass is 9.86. The fourth-order valence-corrected chi connectivity index (χ4v) is 2.88. The van der Waals surface area contributed by atoms with E-state index >= 15 is 0 Å². The molecular weight excluding hydrogens is 274 g/mol. The average Bonchev–Trinajstić information content (AvgIpc) is 2.47. The van der Waals surface area contributed by atoms with Crippen LogP contribution in [0.2, 0.25) is 5.02 Å². The van der Waals surface area contributed by atoms with E-state index in [4.69, 9.17) is 16.3 Å². The fourth-order valence-electron chi connectivity index (χ4n) is 2.76. The number of aliphatic hydroxyl groups is 1. The predicted octanol–water partition coefficient (Wildman–Crippen LogP) is 3.05. The Hall–Kier alpha value is -0.610. The molecule has 1 N–H and O–H groups in total. The minimum absolute atomic E-state index is 0.709. The van der Waals surface area contributed by atoms with Crippen molar-refractivity contribution >= 4 is 11.6 Å². The van der Waals surface area contributed by atoms with Crippen LogP contribution in [0.4, 0.5) is 0 Å². The standard InChI is InChI=1S/C16H24ClNO2/c1-2-7-16(19,14-3-5-15(17)6-4-14)8-9-18-10-12-20-13-11-18/h3-6,19H,2,7-13H2,1H3/t16-/m0/s1. The van der Waals surface area contributed by atoms with Crippen LogP contribution in [0.3, 0.4) is 0 Å². The first kappa shape index (κ1) is 15.8. The first-order valence-corrected chi connectivity index (χ1v) is 7.80. The van der Waals surface area contributed by atoms with Crippen LogP contribution in [0.25, 0.3) is 0 Å². The highest BCUT2D eigenvalue weighted by molar-refractivity contribution is 6.30. The van der Waals surface area contributed by atoms with Gasteiger partial charge in [-0.1, -0.05) is 37.1 Å². The molecule has 1 aliphatic rings. The minimum Gasteiger partial charge on any atom is -0.385 e. The van der Waals surface area contributed by atoms with Gasteiger partial charge in [0.25, 0.3) is 0 Å². The van der Waals surface area contributed by atoms with Gasteiger partial charge in [0, 0.05) is 24.7 Å². The first-order valence-electron chi connectivity index (χ1n) is 7.42. The van der Waals surface area contributed by atoms with Crippen LogP contribution >= 0.6 is 11.6 Å². The van der Waals surface area contributed by atoms with E-state index in [2.05, 4.69) is 11.8 Å². The number of hydrogen-bond acceptors (Lipinski definition) is 3. The van der Waals surface area contributed by atoms with Crippen molar-refractivity contribution in [3.05, 3.63) is 34.9 Å². The smallest absolute Gasteiger partial charge is 0.0908 e. The molecule has 0 unspecified atom stereocenters. The zero-order chi connectivity index (χ0) is 14.4. The van der Waals surface area contributed by atoms with Crippen LogP contribution < -0.4 is 0 Å². The Morgan fingerprint density at radius 2 is 1.85 bits per heavy atom. The van der Waals surface area contributed by atoms with Gasteiger partial charge in [0.2, 0.25) is 0 Å². The van der Waals surface area contributed by atoms with E-state index in [-0.39, 0.29) is 0 Å². The van der Waals surface area contributed by atoms with Gasteiger partial charge in [0.15, 0.2) is 0 Å². The third-order valence-corrected chi connectivity index (χ3v) is 4.24. The lowest BCUT2D eigenvalue weighted by Gasteiger charge is -2.33. The molecule has 4 heteroatoms. The van der Waals surface area contributed by atoms with Crippen molar-refractivity contribution in [2.24, 2.45) is 0 Å². The Morgan fingerprint density at radius 3 is 2.45 bits per heavy atom. The molecule has 20 heavy (non-hydrogen) atoms. The summed E-state index contributed by atoms with van der Waals surface area (Å²) in [7, 11) is 0. The molecule has 0 spiro atoms. The normalized spacial score (nSPS) is 19.8. The van der Waals surface area contributed by atoms with Crippen LogP contribution in [0, 0.1) is 0 Å². The van der Waals surface area contributed by atoms with Crippen molar-refractivity contribution in [2.45, 2.75) is 31.8 Å². The molecule has 1 aliphatic heterocycles. The topological polar surface area (TPSA) is 32.7 Å². The number of morpholine rings is 1. The summed E-state index contributed by atoms with van der Waals surface area (Å²) in [5, 5.41) is 11.7. The second-order valence-corrected chi connectivity index (χ2v) is 5.93. The Balaban J connectivity index is 2.02. The van der Waals surface area contributed by atoms with Crippen LogP contribution in [0.1, 0.15) is 31.7 Å². The van der Waals surface area contributed by atoms with Gasteiger partial charge in [-0.2, -0.15) is 0 Å². The molecular formula is C16H24ClNO2. The highest BCUT2D eigenvalue weighted by Gasteiger charge is 2.29. The van der Waals surface area contributed by atoms with E-state index in [1.807, 2.05) is 24.3 Å². The van der Waals surface area contributed by atoms with Crippen LogP contribution in [0.15, 0.2) is 24.3 Å². The summed E-state index contributed by atoms with van der Waals surface area (Å²) in [6.07, 6.45) is 2.49. The van der Waals surface area contributed by atoms with Gasteiger partial charge in [-0.3, -0.25) is 4.90 Å². The number of rotatable bonds is 6. The summed E-state index contributed by atoms with van der Waals surface area (Å²) < 4.78 is 5.36. The third-order valence-electron chi connectivity index (χ3n) is 3.99. The molecule has 1 heterocycles. The fraction of sp³-hybridized carbons (Fsp3) is 0.625. The molecule has 1 fully saturated rings. The van der Waals surface area contributed by atoms with Gasteiger partial charge in [-0.05, 0) is 30.5 Å². The van der Waals surface area contributed by atoms with Gasteiger partial charge in [-0.25, -0.2) is 0 Å². The van der Waals surface area contributed by atoms with Gasteiger partial charge < -0.3 is 9.84 Å². The van der Waals surface area contributed by atoms with E-state index in [0.29, 0.717) is 5.02 Å². The maximum atomic E-state index is 11.0. The van der Waals surface area contributed by atoms with Crippen molar-refractivity contribution in [1.82, 2.24) is 4.90 Å². The summed E-state index contributed by atoms with van der Waals surface area (Å²) in [6.45, 7) is 6.53. The Bertz CT molecular complexity index is 403. The zero-order valence-electron chi connectivity index (χ0n) is 12.1. The van der Waals surface area contributed by atoms with E-state index in [1.165, 1.54) is 0 Å². The molecule has 1 saturated heterocycles. The summed E-state index contributed by atoms with van der Waals surface area (Å²) in [5.41, 5.74) is 0.217. The van der Waals surface area contributed by atoms with Crippen LogP contribution in [-0.2, 0) is 10.3 Å². The number of ether oxygens (including phenoxy) is 1. The maximum Gasteiger partial charge on any atom is 0.0908 e. The van der Waals surface area contributed by atoms with Crippen molar-refractivity contribution < 1.29 is 9.84 Å². The summed E-state index contributed by atoms with van der Waals surface area (Å²) in [6, 6.07) is 7.59. The molecule has 3 nitrogen and oxygen atoms in total. The van der Waals surface area contributed by atoms with Crippen LogP contribution in [-0.4, -0.2) is 42.9 Å². The summed E-state index contributed by atoms with van der Waals surface area (Å²) >= 11 is 5.93. The second kappa shape index (κ2) is 7.41. The number of benzene rings is 1. The van der Waals surface area contributed by atoms with E-state index in [0.717, 1.165) is 57.7 Å². The highest BCUT2D eigenvalue weighted by atomic mass is 35.5. The van der Waals surface area contributed by atoms with Crippen molar-refractivity contribution in [2.75, 3.05) is 32.8 Å². The molecule has 0 bridgehead atoms.